The molecule has 0 saturated heterocycles. The minimum absolute atomic E-state index is 0. The average Bonchev–Trinajstić information content (AvgIpc) is 3.01. The zero-order valence-electron chi connectivity index (χ0n) is 13.8. The summed E-state index contributed by atoms with van der Waals surface area (Å²) in [6.07, 6.45) is 1.15. The second kappa shape index (κ2) is 5.98. The third-order valence-corrected chi connectivity index (χ3v) is 4.21. The minimum Gasteiger partial charge on any atom is -0.325 e. The monoisotopic (exact) mass is 335 g/mol. The lowest BCUT2D eigenvalue weighted by Crippen LogP contribution is -2.00. The molecule has 25 heavy (non-hydrogen) atoms. The van der Waals surface area contributed by atoms with E-state index in [2.05, 4.69) is 27.4 Å². The number of anilines is 2. The van der Waals surface area contributed by atoms with Crippen LogP contribution in [0.5, 0.6) is 0 Å². The van der Waals surface area contributed by atoms with E-state index >= 15 is 0 Å². The molecule has 0 spiro atoms. The topological polar surface area (TPSA) is 66.5 Å². The van der Waals surface area contributed by atoms with Crippen molar-refractivity contribution in [1.29, 1.82) is 0 Å². The number of aromatic nitrogens is 4. The van der Waals surface area contributed by atoms with Crippen molar-refractivity contribution in [2.45, 2.75) is 13.8 Å². The molecule has 0 atom stereocenters. The van der Waals surface area contributed by atoms with E-state index in [1.54, 1.807) is 0 Å². The van der Waals surface area contributed by atoms with E-state index in [4.69, 9.17) is 4.98 Å². The van der Waals surface area contributed by atoms with Gasteiger partial charge in [0.1, 0.15) is 17.5 Å². The molecule has 4 rings (SSSR count). The average molecular weight is 335 g/mol. The second-order valence-electron chi connectivity index (χ2n) is 5.91. The molecule has 1 aromatic carbocycles. The van der Waals surface area contributed by atoms with Crippen molar-refractivity contribution in [3.8, 4) is 11.3 Å². The van der Waals surface area contributed by atoms with Crippen LogP contribution in [-0.2, 0) is 0 Å². The molecule has 2 N–H and O–H groups in total. The first kappa shape index (κ1) is 15.3. The van der Waals surface area contributed by atoms with Crippen LogP contribution in [-0.4, -0.2) is 20.2 Å². The predicted octanol–water partition coefficient (Wildman–Crippen LogP) is 4.77. The Morgan fingerprint density at radius 3 is 2.72 bits per heavy atom. The fraction of sp³-hybridized carbons (Fsp3) is 0.105. The molecule has 6 heteroatoms. The smallest absolute Gasteiger partial charge is 0.183 e. The van der Waals surface area contributed by atoms with Crippen molar-refractivity contribution in [2.24, 2.45) is 0 Å². The number of aromatic amines is 1. The standard InChI is InChI=1S/C19H16FN5.H2/c1-11-8-16(22-17(12(11)2)13-6-4-3-5-7-13)23-19-15-9-14(20)10-21-18(15)24-25-19;/h3-10H,1-2H3,(H2,21,22,23,24,25);1H. The van der Waals surface area contributed by atoms with Crippen LogP contribution >= 0.6 is 0 Å². The Bertz CT molecular complexity index is 1060. The molecule has 4 aromatic rings. The summed E-state index contributed by atoms with van der Waals surface area (Å²) in [5.41, 5.74) is 4.66. The molecule has 0 bridgehead atoms. The molecule has 0 radical (unpaired) electrons. The van der Waals surface area contributed by atoms with Gasteiger partial charge < -0.3 is 5.32 Å². The number of H-pyrrole nitrogens is 1. The zero-order valence-corrected chi connectivity index (χ0v) is 13.8. The first-order valence-electron chi connectivity index (χ1n) is 7.92. The normalized spacial score (nSPS) is 11.0. The molecular formula is C19H18FN5. The van der Waals surface area contributed by atoms with Crippen molar-refractivity contribution in [3.05, 3.63) is 65.6 Å². The number of halogens is 1. The number of hydrogen-bond acceptors (Lipinski definition) is 4. The van der Waals surface area contributed by atoms with Crippen molar-refractivity contribution < 1.29 is 5.82 Å². The number of fused-ring (bicyclic) bond motifs is 1. The van der Waals surface area contributed by atoms with Crippen LogP contribution < -0.4 is 5.32 Å². The van der Waals surface area contributed by atoms with Gasteiger partial charge in [-0.1, -0.05) is 30.3 Å². The van der Waals surface area contributed by atoms with Crippen LogP contribution in [0.4, 0.5) is 16.0 Å². The SMILES string of the molecule is Cc1cc(Nc2[nH]nc3ncc(F)cc23)nc(-c2ccccc2)c1C.[HH]. The maximum Gasteiger partial charge on any atom is 0.183 e. The van der Waals surface area contributed by atoms with Crippen molar-refractivity contribution in [3.63, 3.8) is 0 Å². The molecule has 0 saturated carbocycles. The number of aryl methyl sites for hydroxylation is 1. The molecule has 3 heterocycles. The maximum absolute atomic E-state index is 13.5. The highest BCUT2D eigenvalue weighted by Gasteiger charge is 2.12. The Morgan fingerprint density at radius 2 is 1.92 bits per heavy atom. The van der Waals surface area contributed by atoms with E-state index in [0.717, 1.165) is 28.6 Å². The summed E-state index contributed by atoms with van der Waals surface area (Å²) < 4.78 is 13.5. The van der Waals surface area contributed by atoms with Crippen molar-refractivity contribution in [1.82, 2.24) is 20.2 Å². The van der Waals surface area contributed by atoms with Crippen LogP contribution in [0.1, 0.15) is 12.6 Å². The quantitative estimate of drug-likeness (QED) is 0.566. The van der Waals surface area contributed by atoms with Crippen LogP contribution in [0, 0.1) is 19.7 Å². The first-order valence-corrected chi connectivity index (χ1v) is 7.92. The number of rotatable bonds is 3. The summed E-state index contributed by atoms with van der Waals surface area (Å²) in [6.45, 7) is 4.10. The molecule has 126 valence electrons. The number of benzene rings is 1. The van der Waals surface area contributed by atoms with E-state index < -0.39 is 5.82 Å². The van der Waals surface area contributed by atoms with Crippen LogP contribution in [0.2, 0.25) is 0 Å². The molecule has 0 amide bonds. The Hall–Kier alpha value is -3.28. The Labute approximate surface area is 145 Å². The maximum atomic E-state index is 13.5. The van der Waals surface area contributed by atoms with Gasteiger partial charge >= 0.3 is 0 Å². The summed E-state index contributed by atoms with van der Waals surface area (Å²) in [4.78, 5) is 8.70. The van der Waals surface area contributed by atoms with Gasteiger partial charge in [0, 0.05) is 6.99 Å². The number of hydrogen-bond donors (Lipinski definition) is 2. The predicted molar refractivity (Wildman–Crippen MR) is 98.4 cm³/mol. The van der Waals surface area contributed by atoms with Gasteiger partial charge in [-0.2, -0.15) is 5.10 Å². The van der Waals surface area contributed by atoms with Gasteiger partial charge in [0.15, 0.2) is 5.65 Å². The van der Waals surface area contributed by atoms with Gasteiger partial charge in [-0.15, -0.1) is 0 Å². The highest BCUT2D eigenvalue weighted by Crippen LogP contribution is 2.28. The van der Waals surface area contributed by atoms with E-state index in [1.165, 1.54) is 6.07 Å². The van der Waals surface area contributed by atoms with Gasteiger partial charge in [-0.25, -0.2) is 14.4 Å². The molecule has 0 fully saturated rings. The largest absolute Gasteiger partial charge is 0.325 e. The van der Waals surface area contributed by atoms with Gasteiger partial charge in [-0.3, -0.25) is 5.10 Å². The summed E-state index contributed by atoms with van der Waals surface area (Å²) in [5.74, 6) is 0.823. The molecule has 0 unspecified atom stereocenters. The van der Waals surface area contributed by atoms with Gasteiger partial charge in [0.2, 0.25) is 0 Å². The van der Waals surface area contributed by atoms with Gasteiger partial charge in [-0.05, 0) is 37.1 Å². The highest BCUT2D eigenvalue weighted by atomic mass is 19.1. The molecule has 0 aliphatic heterocycles. The minimum atomic E-state index is -0.407. The number of nitrogens with zero attached hydrogens (tertiary/aromatic N) is 3. The fourth-order valence-electron chi connectivity index (χ4n) is 2.78. The Kier molecular flexibility index (Phi) is 3.65. The van der Waals surface area contributed by atoms with Crippen LogP contribution in [0.3, 0.4) is 0 Å². The van der Waals surface area contributed by atoms with E-state index in [1.807, 2.05) is 43.3 Å². The van der Waals surface area contributed by atoms with E-state index in [-0.39, 0.29) is 1.43 Å². The summed E-state index contributed by atoms with van der Waals surface area (Å²) in [5, 5.41) is 10.7. The Morgan fingerprint density at radius 1 is 1.12 bits per heavy atom. The number of nitrogens with one attached hydrogen (secondary N) is 2. The van der Waals surface area contributed by atoms with Crippen LogP contribution in [0.15, 0.2) is 48.7 Å². The van der Waals surface area contributed by atoms with E-state index in [9.17, 15) is 4.39 Å². The third kappa shape index (κ3) is 2.82. The lowest BCUT2D eigenvalue weighted by molar-refractivity contribution is 0.624. The molecule has 3 aromatic heterocycles. The second-order valence-corrected chi connectivity index (χ2v) is 5.91. The van der Waals surface area contributed by atoms with Gasteiger partial charge in [0.05, 0.1) is 17.3 Å². The summed E-state index contributed by atoms with van der Waals surface area (Å²) in [6, 6.07) is 13.4. The van der Waals surface area contributed by atoms with Gasteiger partial charge in [0.25, 0.3) is 0 Å². The first-order chi connectivity index (χ1) is 12.1. The fourth-order valence-corrected chi connectivity index (χ4v) is 2.78. The van der Waals surface area contributed by atoms with Crippen molar-refractivity contribution >= 4 is 22.7 Å². The zero-order chi connectivity index (χ0) is 17.4. The lowest BCUT2D eigenvalue weighted by atomic mass is 10.0. The Balaban J connectivity index is 0.00000196. The molecule has 5 nitrogen and oxygen atoms in total. The van der Waals surface area contributed by atoms with E-state index in [0.29, 0.717) is 22.7 Å². The van der Waals surface area contributed by atoms with Crippen LogP contribution in [0.25, 0.3) is 22.3 Å². The summed E-state index contributed by atoms with van der Waals surface area (Å²) in [7, 11) is 0. The van der Waals surface area contributed by atoms with Crippen molar-refractivity contribution in [2.75, 3.05) is 5.32 Å². The number of pyridine rings is 2. The lowest BCUT2D eigenvalue weighted by Gasteiger charge is -2.12. The molecular weight excluding hydrogens is 317 g/mol. The highest BCUT2D eigenvalue weighted by molar-refractivity contribution is 5.88. The third-order valence-electron chi connectivity index (χ3n) is 4.21. The summed E-state index contributed by atoms with van der Waals surface area (Å²) >= 11 is 0. The molecule has 0 aliphatic carbocycles. The molecule has 0 aliphatic rings.